The predicted molar refractivity (Wildman–Crippen MR) is 72.7 cm³/mol. The Bertz CT molecular complexity index is 510. The molecule has 18 heavy (non-hydrogen) atoms. The van der Waals surface area contributed by atoms with Crippen molar-refractivity contribution in [2.24, 2.45) is 0 Å². The second-order valence-corrected chi connectivity index (χ2v) is 5.26. The number of nitrogens with zero attached hydrogens (tertiary/aromatic N) is 3. The van der Waals surface area contributed by atoms with Crippen LogP contribution in [0.4, 0.5) is 5.82 Å². The van der Waals surface area contributed by atoms with E-state index in [1.807, 2.05) is 5.51 Å². The zero-order valence-corrected chi connectivity index (χ0v) is 11.0. The summed E-state index contributed by atoms with van der Waals surface area (Å²) in [7, 11) is 0. The summed E-state index contributed by atoms with van der Waals surface area (Å²) in [5.41, 5.74) is 5.46. The Kier molecular flexibility index (Phi) is 3.50. The third kappa shape index (κ3) is 2.51. The molecule has 94 valence electrons. The van der Waals surface area contributed by atoms with Gasteiger partial charge in [-0.25, -0.2) is 15.0 Å². The van der Waals surface area contributed by atoms with E-state index >= 15 is 0 Å². The van der Waals surface area contributed by atoms with Crippen molar-refractivity contribution in [3.8, 4) is 0 Å². The molecule has 0 saturated heterocycles. The molecule has 0 fully saturated rings. The van der Waals surface area contributed by atoms with Crippen molar-refractivity contribution >= 4 is 17.2 Å². The molecule has 0 unspecified atom stereocenters. The lowest BCUT2D eigenvalue weighted by Crippen LogP contribution is -2.08. The maximum absolute atomic E-state index is 4.42. The normalized spacial score (nSPS) is 14.9. The number of anilines is 1. The second kappa shape index (κ2) is 5.44. The third-order valence-corrected chi connectivity index (χ3v) is 3.93. The minimum absolute atomic E-state index is 0.743. The van der Waals surface area contributed by atoms with Gasteiger partial charge < -0.3 is 5.32 Å². The van der Waals surface area contributed by atoms with E-state index in [1.54, 1.807) is 17.7 Å². The Morgan fingerprint density at radius 1 is 1.11 bits per heavy atom. The van der Waals surface area contributed by atoms with Crippen LogP contribution in [0.2, 0.25) is 0 Å². The summed E-state index contributed by atoms with van der Waals surface area (Å²) in [5, 5.41) is 5.46. The van der Waals surface area contributed by atoms with Gasteiger partial charge in [-0.3, -0.25) is 0 Å². The van der Waals surface area contributed by atoms with Gasteiger partial charge in [0.05, 0.1) is 17.7 Å². The van der Waals surface area contributed by atoms with Crippen molar-refractivity contribution in [2.75, 3.05) is 5.32 Å². The summed E-state index contributed by atoms with van der Waals surface area (Å²) < 4.78 is 0. The Morgan fingerprint density at radius 3 is 2.94 bits per heavy atom. The molecular weight excluding hydrogens is 244 g/mol. The van der Waals surface area contributed by atoms with Crippen LogP contribution in [0.15, 0.2) is 17.2 Å². The monoisotopic (exact) mass is 260 g/mol. The van der Waals surface area contributed by atoms with Crippen LogP contribution >= 0.6 is 11.3 Å². The van der Waals surface area contributed by atoms with Gasteiger partial charge in [-0.15, -0.1) is 11.3 Å². The zero-order valence-electron chi connectivity index (χ0n) is 10.2. The zero-order chi connectivity index (χ0) is 12.2. The van der Waals surface area contributed by atoms with Crippen LogP contribution in [0.5, 0.6) is 0 Å². The summed E-state index contributed by atoms with van der Waals surface area (Å²) in [5.74, 6) is 0.995. The molecule has 2 aromatic rings. The highest BCUT2D eigenvalue weighted by atomic mass is 32.1. The lowest BCUT2D eigenvalue weighted by atomic mass is 10.1. The minimum atomic E-state index is 0.743. The van der Waals surface area contributed by atoms with Crippen LogP contribution in [0.3, 0.4) is 0 Å². The lowest BCUT2D eigenvalue weighted by molar-refractivity contribution is 0.708. The van der Waals surface area contributed by atoms with E-state index in [1.165, 1.54) is 30.5 Å². The predicted octanol–water partition coefficient (Wildman–Crippen LogP) is 2.81. The maximum Gasteiger partial charge on any atom is 0.133 e. The molecule has 0 aromatic carbocycles. The molecule has 0 bridgehead atoms. The van der Waals surface area contributed by atoms with Gasteiger partial charge >= 0.3 is 0 Å². The highest BCUT2D eigenvalue weighted by Crippen LogP contribution is 2.24. The molecule has 1 aliphatic rings. The van der Waals surface area contributed by atoms with E-state index in [2.05, 4.69) is 25.6 Å². The van der Waals surface area contributed by atoms with Crippen LogP contribution in [0.1, 0.15) is 36.2 Å². The number of thiazole rings is 1. The molecule has 0 radical (unpaired) electrons. The van der Waals surface area contributed by atoms with Crippen LogP contribution in [0, 0.1) is 0 Å². The molecular formula is C13H16N4S. The highest BCUT2D eigenvalue weighted by Gasteiger charge is 2.14. The first-order valence-electron chi connectivity index (χ1n) is 6.37. The molecule has 2 heterocycles. The van der Waals surface area contributed by atoms with Crippen LogP contribution in [-0.4, -0.2) is 15.0 Å². The Morgan fingerprint density at radius 2 is 2.06 bits per heavy atom. The second-order valence-electron chi connectivity index (χ2n) is 4.54. The van der Waals surface area contributed by atoms with E-state index in [4.69, 9.17) is 0 Å². The average molecular weight is 260 g/mol. The molecule has 0 saturated carbocycles. The van der Waals surface area contributed by atoms with Crippen molar-refractivity contribution in [3.63, 3.8) is 0 Å². The Hall–Kier alpha value is -1.49. The van der Waals surface area contributed by atoms with Crippen molar-refractivity contribution in [3.05, 3.63) is 34.2 Å². The topological polar surface area (TPSA) is 50.7 Å². The first kappa shape index (κ1) is 11.6. The molecule has 1 aliphatic carbocycles. The number of hydrogen-bond acceptors (Lipinski definition) is 5. The molecule has 0 atom stereocenters. The standard InChI is InChI=1S/C13H16N4S/c1-2-4-11-12(5-3-1)15-8-16-13(11)14-6-10-7-18-9-17-10/h7-9H,1-6H2,(H,14,15,16). The molecule has 4 nitrogen and oxygen atoms in total. The number of fused-ring (bicyclic) bond motifs is 1. The van der Waals surface area contributed by atoms with E-state index < -0.39 is 0 Å². The molecule has 1 N–H and O–H groups in total. The number of aromatic nitrogens is 3. The summed E-state index contributed by atoms with van der Waals surface area (Å²) in [6, 6.07) is 0. The van der Waals surface area contributed by atoms with Gasteiger partial charge in [-0.05, 0) is 25.7 Å². The summed E-state index contributed by atoms with van der Waals surface area (Å²) in [6.07, 6.45) is 7.63. The fourth-order valence-electron chi connectivity index (χ4n) is 2.35. The molecule has 2 aromatic heterocycles. The largest absolute Gasteiger partial charge is 0.364 e. The number of aryl methyl sites for hydroxylation is 1. The first-order chi connectivity index (χ1) is 8.93. The number of rotatable bonds is 3. The smallest absolute Gasteiger partial charge is 0.133 e. The van der Waals surface area contributed by atoms with Gasteiger partial charge in [0.15, 0.2) is 0 Å². The van der Waals surface area contributed by atoms with Crippen molar-refractivity contribution in [2.45, 2.75) is 38.6 Å². The molecule has 0 aliphatic heterocycles. The van der Waals surface area contributed by atoms with E-state index in [0.29, 0.717) is 0 Å². The van der Waals surface area contributed by atoms with Crippen molar-refractivity contribution in [1.29, 1.82) is 0 Å². The summed E-state index contributed by atoms with van der Waals surface area (Å²) in [6.45, 7) is 0.743. The number of nitrogens with one attached hydrogen (secondary N) is 1. The van der Waals surface area contributed by atoms with Gasteiger partial charge in [0.25, 0.3) is 0 Å². The summed E-state index contributed by atoms with van der Waals surface area (Å²) >= 11 is 1.62. The van der Waals surface area contributed by atoms with E-state index in [-0.39, 0.29) is 0 Å². The van der Waals surface area contributed by atoms with Gasteiger partial charge in [-0.1, -0.05) is 6.42 Å². The molecule has 0 amide bonds. The Balaban J connectivity index is 1.79. The maximum atomic E-state index is 4.42. The highest BCUT2D eigenvalue weighted by molar-refractivity contribution is 7.07. The quantitative estimate of drug-likeness (QED) is 0.862. The molecule has 5 heteroatoms. The first-order valence-corrected chi connectivity index (χ1v) is 7.31. The van der Waals surface area contributed by atoms with Crippen LogP contribution in [0.25, 0.3) is 0 Å². The fraction of sp³-hybridized carbons (Fsp3) is 0.462. The average Bonchev–Trinajstić information content (AvgIpc) is 2.79. The number of hydrogen-bond donors (Lipinski definition) is 1. The van der Waals surface area contributed by atoms with Gasteiger partial charge in [0.1, 0.15) is 12.1 Å². The molecule has 0 spiro atoms. The van der Waals surface area contributed by atoms with E-state index in [0.717, 1.165) is 30.9 Å². The van der Waals surface area contributed by atoms with Gasteiger partial charge in [0.2, 0.25) is 0 Å². The summed E-state index contributed by atoms with van der Waals surface area (Å²) in [4.78, 5) is 13.1. The Labute approximate surface area is 111 Å². The van der Waals surface area contributed by atoms with Gasteiger partial charge in [-0.2, -0.15) is 0 Å². The van der Waals surface area contributed by atoms with Crippen LogP contribution in [-0.2, 0) is 19.4 Å². The van der Waals surface area contributed by atoms with Crippen molar-refractivity contribution < 1.29 is 0 Å². The molecule has 3 rings (SSSR count). The van der Waals surface area contributed by atoms with E-state index in [9.17, 15) is 0 Å². The fourth-order valence-corrected chi connectivity index (χ4v) is 2.91. The van der Waals surface area contributed by atoms with Gasteiger partial charge in [0, 0.05) is 16.6 Å². The SMILES string of the molecule is c1nc2c(c(NCc3cscn3)n1)CCCCC2. The third-order valence-electron chi connectivity index (χ3n) is 3.30. The minimum Gasteiger partial charge on any atom is -0.364 e. The van der Waals surface area contributed by atoms with Crippen LogP contribution < -0.4 is 5.32 Å². The lowest BCUT2D eigenvalue weighted by Gasteiger charge is -2.11. The van der Waals surface area contributed by atoms with Crippen molar-refractivity contribution in [1.82, 2.24) is 15.0 Å².